The van der Waals surface area contributed by atoms with Gasteiger partial charge in [-0.25, -0.2) is 0 Å². The lowest BCUT2D eigenvalue weighted by atomic mass is 10.00. The molecular formula is C9H17NO. The van der Waals surface area contributed by atoms with Crippen molar-refractivity contribution < 1.29 is 4.74 Å². The summed E-state index contributed by atoms with van der Waals surface area (Å²) in [5.41, 5.74) is 0.288. The first-order valence-corrected chi connectivity index (χ1v) is 4.71. The fraction of sp³-hybridized carbons (Fsp3) is 1.00. The number of likely N-dealkylation sites (N-methyl/N-ethyl adjacent to an activating group) is 1. The Morgan fingerprint density at radius 3 is 2.91 bits per heavy atom. The van der Waals surface area contributed by atoms with Crippen molar-refractivity contribution in [3.05, 3.63) is 0 Å². The van der Waals surface area contributed by atoms with Gasteiger partial charge in [0.05, 0.1) is 5.60 Å². The molecule has 2 heteroatoms. The van der Waals surface area contributed by atoms with Crippen LogP contribution in [0.25, 0.3) is 0 Å². The Labute approximate surface area is 68.5 Å². The van der Waals surface area contributed by atoms with Gasteiger partial charge in [-0.05, 0) is 25.8 Å². The molecule has 2 aliphatic rings. The molecule has 0 bridgehead atoms. The smallest absolute Gasteiger partial charge is 0.0821 e. The first-order chi connectivity index (χ1) is 5.35. The van der Waals surface area contributed by atoms with E-state index < -0.39 is 0 Å². The highest BCUT2D eigenvalue weighted by Gasteiger charge is 2.40. The number of likely N-dealkylation sites (tertiary alicyclic amines) is 1. The Hall–Kier alpha value is -0.0800. The van der Waals surface area contributed by atoms with E-state index in [1.165, 1.54) is 38.9 Å². The van der Waals surface area contributed by atoms with E-state index in [1.807, 2.05) is 0 Å². The quantitative estimate of drug-likeness (QED) is 0.565. The van der Waals surface area contributed by atoms with Crippen LogP contribution in [0.5, 0.6) is 0 Å². The fourth-order valence-corrected chi connectivity index (χ4v) is 2.27. The van der Waals surface area contributed by atoms with Crippen molar-refractivity contribution in [2.45, 2.75) is 31.8 Å². The van der Waals surface area contributed by atoms with Crippen LogP contribution in [0.15, 0.2) is 0 Å². The summed E-state index contributed by atoms with van der Waals surface area (Å²) in [5.74, 6) is 0. The largest absolute Gasteiger partial charge is 0.374 e. The van der Waals surface area contributed by atoms with E-state index in [-0.39, 0.29) is 5.60 Å². The maximum absolute atomic E-state index is 5.79. The molecule has 0 aromatic heterocycles. The van der Waals surface area contributed by atoms with Crippen LogP contribution in [-0.4, -0.2) is 36.7 Å². The van der Waals surface area contributed by atoms with Gasteiger partial charge in [0.15, 0.2) is 0 Å². The minimum atomic E-state index is 0.288. The van der Waals surface area contributed by atoms with Gasteiger partial charge in [0, 0.05) is 19.7 Å². The van der Waals surface area contributed by atoms with Crippen molar-refractivity contribution in [1.82, 2.24) is 4.90 Å². The van der Waals surface area contributed by atoms with E-state index in [0.29, 0.717) is 0 Å². The SMILES string of the molecule is CCN1CC[C@]2(CCCO2)C1. The highest BCUT2D eigenvalue weighted by molar-refractivity contribution is 4.93. The average Bonchev–Trinajstić information content (AvgIpc) is 2.62. The van der Waals surface area contributed by atoms with Crippen LogP contribution in [0.2, 0.25) is 0 Å². The minimum Gasteiger partial charge on any atom is -0.374 e. The molecule has 1 spiro atoms. The highest BCUT2D eigenvalue weighted by Crippen LogP contribution is 2.34. The van der Waals surface area contributed by atoms with Gasteiger partial charge in [-0.3, -0.25) is 0 Å². The summed E-state index contributed by atoms with van der Waals surface area (Å²) < 4.78 is 5.79. The fourth-order valence-electron chi connectivity index (χ4n) is 2.27. The van der Waals surface area contributed by atoms with Gasteiger partial charge in [-0.2, -0.15) is 0 Å². The predicted octanol–water partition coefficient (Wildman–Crippen LogP) is 1.26. The summed E-state index contributed by atoms with van der Waals surface area (Å²) in [7, 11) is 0. The first kappa shape index (κ1) is 7.56. The molecule has 2 aliphatic heterocycles. The van der Waals surface area contributed by atoms with Gasteiger partial charge in [0.2, 0.25) is 0 Å². The zero-order valence-electron chi connectivity index (χ0n) is 7.31. The van der Waals surface area contributed by atoms with Crippen molar-refractivity contribution >= 4 is 0 Å². The Kier molecular flexibility index (Phi) is 1.90. The molecule has 0 N–H and O–H groups in total. The van der Waals surface area contributed by atoms with Gasteiger partial charge >= 0.3 is 0 Å². The molecule has 0 radical (unpaired) electrons. The molecule has 0 unspecified atom stereocenters. The monoisotopic (exact) mass is 155 g/mol. The first-order valence-electron chi connectivity index (χ1n) is 4.71. The molecule has 0 aromatic carbocycles. The van der Waals surface area contributed by atoms with Crippen LogP contribution in [0.3, 0.4) is 0 Å². The standard InChI is InChI=1S/C9H17NO/c1-2-10-6-5-9(8-10)4-3-7-11-9/h2-8H2,1H3/t9-/m1/s1. The Morgan fingerprint density at radius 2 is 2.36 bits per heavy atom. The zero-order chi connectivity index (χ0) is 7.73. The van der Waals surface area contributed by atoms with Gasteiger partial charge < -0.3 is 9.64 Å². The molecule has 2 nitrogen and oxygen atoms in total. The molecule has 2 saturated heterocycles. The van der Waals surface area contributed by atoms with Crippen molar-refractivity contribution in [3.63, 3.8) is 0 Å². The zero-order valence-corrected chi connectivity index (χ0v) is 7.31. The van der Waals surface area contributed by atoms with E-state index >= 15 is 0 Å². The highest BCUT2D eigenvalue weighted by atomic mass is 16.5. The Bertz CT molecular complexity index is 140. The van der Waals surface area contributed by atoms with E-state index in [0.717, 1.165) is 6.61 Å². The molecule has 1 atom stereocenters. The maximum atomic E-state index is 5.79. The number of ether oxygens (including phenoxy) is 1. The van der Waals surface area contributed by atoms with Crippen LogP contribution >= 0.6 is 0 Å². The normalized spacial score (nSPS) is 39.0. The Balaban J connectivity index is 1.96. The topological polar surface area (TPSA) is 12.5 Å². The van der Waals surface area contributed by atoms with E-state index in [1.54, 1.807) is 0 Å². The Morgan fingerprint density at radius 1 is 1.45 bits per heavy atom. The molecule has 0 saturated carbocycles. The van der Waals surface area contributed by atoms with Crippen LogP contribution < -0.4 is 0 Å². The van der Waals surface area contributed by atoms with Crippen molar-refractivity contribution in [3.8, 4) is 0 Å². The molecule has 11 heavy (non-hydrogen) atoms. The molecule has 64 valence electrons. The van der Waals surface area contributed by atoms with Gasteiger partial charge in [0.1, 0.15) is 0 Å². The molecular weight excluding hydrogens is 138 g/mol. The lowest BCUT2D eigenvalue weighted by Gasteiger charge is -2.22. The van der Waals surface area contributed by atoms with Crippen molar-refractivity contribution in [1.29, 1.82) is 0 Å². The number of hydrogen-bond donors (Lipinski definition) is 0. The molecule has 0 amide bonds. The second kappa shape index (κ2) is 2.76. The van der Waals surface area contributed by atoms with Crippen LogP contribution in [-0.2, 0) is 4.74 Å². The third-order valence-electron chi connectivity index (χ3n) is 3.03. The number of hydrogen-bond acceptors (Lipinski definition) is 2. The summed E-state index contributed by atoms with van der Waals surface area (Å²) in [6.07, 6.45) is 3.84. The molecule has 2 heterocycles. The van der Waals surface area contributed by atoms with E-state index in [2.05, 4.69) is 11.8 Å². The van der Waals surface area contributed by atoms with Crippen LogP contribution in [0.4, 0.5) is 0 Å². The second-order valence-corrected chi connectivity index (χ2v) is 3.75. The minimum absolute atomic E-state index is 0.288. The van der Waals surface area contributed by atoms with Crippen molar-refractivity contribution in [2.24, 2.45) is 0 Å². The summed E-state index contributed by atoms with van der Waals surface area (Å²) in [6.45, 7) is 6.84. The lowest BCUT2D eigenvalue weighted by molar-refractivity contribution is 0.0132. The summed E-state index contributed by atoms with van der Waals surface area (Å²) >= 11 is 0. The van der Waals surface area contributed by atoms with Crippen molar-refractivity contribution in [2.75, 3.05) is 26.2 Å². The average molecular weight is 155 g/mol. The third-order valence-corrected chi connectivity index (χ3v) is 3.03. The molecule has 0 aromatic rings. The number of rotatable bonds is 1. The molecule has 2 rings (SSSR count). The summed E-state index contributed by atoms with van der Waals surface area (Å²) in [4.78, 5) is 2.49. The second-order valence-electron chi connectivity index (χ2n) is 3.75. The van der Waals surface area contributed by atoms with E-state index in [9.17, 15) is 0 Å². The predicted molar refractivity (Wildman–Crippen MR) is 44.6 cm³/mol. The van der Waals surface area contributed by atoms with Gasteiger partial charge in [0.25, 0.3) is 0 Å². The van der Waals surface area contributed by atoms with Gasteiger partial charge in [-0.1, -0.05) is 6.92 Å². The van der Waals surface area contributed by atoms with Crippen LogP contribution in [0.1, 0.15) is 26.2 Å². The summed E-state index contributed by atoms with van der Waals surface area (Å²) in [5, 5.41) is 0. The van der Waals surface area contributed by atoms with Gasteiger partial charge in [-0.15, -0.1) is 0 Å². The molecule has 0 aliphatic carbocycles. The van der Waals surface area contributed by atoms with Crippen LogP contribution in [0, 0.1) is 0 Å². The maximum Gasteiger partial charge on any atom is 0.0821 e. The third kappa shape index (κ3) is 1.30. The molecule has 2 fully saturated rings. The summed E-state index contributed by atoms with van der Waals surface area (Å²) in [6, 6.07) is 0. The lowest BCUT2D eigenvalue weighted by Crippen LogP contribution is -2.32. The van der Waals surface area contributed by atoms with E-state index in [4.69, 9.17) is 4.74 Å². The number of nitrogens with zero attached hydrogens (tertiary/aromatic N) is 1.